The molecule has 1 aromatic rings. The van der Waals surface area contributed by atoms with Gasteiger partial charge in [-0.2, -0.15) is 0 Å². The predicted molar refractivity (Wildman–Crippen MR) is 58.8 cm³/mol. The Balaban J connectivity index is 2.12. The summed E-state index contributed by atoms with van der Waals surface area (Å²) in [6.45, 7) is 1.54. The van der Waals surface area contributed by atoms with Crippen LogP contribution in [-0.4, -0.2) is 24.4 Å². The zero-order valence-electron chi connectivity index (χ0n) is 8.23. The van der Waals surface area contributed by atoms with Crippen LogP contribution in [-0.2, 0) is 4.74 Å². The minimum Gasteiger partial charge on any atom is -0.465 e. The summed E-state index contributed by atoms with van der Waals surface area (Å²) in [6.07, 6.45) is 0.960. The third-order valence-corrected chi connectivity index (χ3v) is 3.42. The summed E-state index contributed by atoms with van der Waals surface area (Å²) in [6, 6.07) is 2.01. The van der Waals surface area contributed by atoms with Crippen molar-refractivity contribution in [3.63, 3.8) is 0 Å². The van der Waals surface area contributed by atoms with Gasteiger partial charge < -0.3 is 9.84 Å². The molecule has 82 valence electrons. The maximum absolute atomic E-state index is 10.6. The highest BCUT2D eigenvalue weighted by atomic mass is 32.1. The van der Waals surface area contributed by atoms with Crippen LogP contribution in [0.1, 0.15) is 24.3 Å². The number of hydrogen-bond donors (Lipinski definition) is 2. The van der Waals surface area contributed by atoms with E-state index in [1.807, 2.05) is 11.4 Å². The summed E-state index contributed by atoms with van der Waals surface area (Å²) < 4.78 is 5.29. The van der Waals surface area contributed by atoms with Crippen molar-refractivity contribution >= 4 is 22.4 Å². The molecular formula is C10H13NO3S. The smallest absolute Gasteiger partial charge is 0.409 e. The second-order valence-corrected chi connectivity index (χ2v) is 4.44. The summed E-state index contributed by atoms with van der Waals surface area (Å²) in [5.41, 5.74) is 1.12. The first kappa shape index (κ1) is 10.4. The molecule has 0 saturated carbocycles. The first-order chi connectivity index (χ1) is 7.27. The number of thiophene rings is 1. The van der Waals surface area contributed by atoms with Gasteiger partial charge in [0.1, 0.15) is 5.00 Å². The highest BCUT2D eigenvalue weighted by Crippen LogP contribution is 2.35. The molecule has 5 heteroatoms. The van der Waals surface area contributed by atoms with Crippen LogP contribution < -0.4 is 5.32 Å². The first-order valence-corrected chi connectivity index (χ1v) is 5.80. The van der Waals surface area contributed by atoms with Gasteiger partial charge in [0.2, 0.25) is 0 Å². The molecule has 0 aromatic carbocycles. The number of amides is 1. The average molecular weight is 227 g/mol. The van der Waals surface area contributed by atoms with Gasteiger partial charge >= 0.3 is 6.09 Å². The lowest BCUT2D eigenvalue weighted by Crippen LogP contribution is -2.15. The molecule has 0 unspecified atom stereocenters. The van der Waals surface area contributed by atoms with E-state index in [2.05, 4.69) is 5.32 Å². The SMILES string of the molecule is O=C(O)Nc1sccc1C1CCOCC1. The van der Waals surface area contributed by atoms with Crippen LogP contribution in [0.25, 0.3) is 0 Å². The average Bonchev–Trinajstić information content (AvgIpc) is 2.66. The largest absolute Gasteiger partial charge is 0.465 e. The lowest BCUT2D eigenvalue weighted by molar-refractivity contribution is 0.0855. The van der Waals surface area contributed by atoms with Crippen LogP contribution in [0.15, 0.2) is 11.4 Å². The molecule has 0 bridgehead atoms. The fourth-order valence-electron chi connectivity index (χ4n) is 1.85. The van der Waals surface area contributed by atoms with Gasteiger partial charge in [-0.25, -0.2) is 4.79 Å². The number of nitrogens with one attached hydrogen (secondary N) is 1. The van der Waals surface area contributed by atoms with Crippen molar-refractivity contribution < 1.29 is 14.6 Å². The van der Waals surface area contributed by atoms with Crippen molar-refractivity contribution in [3.05, 3.63) is 17.0 Å². The lowest BCUT2D eigenvalue weighted by atomic mass is 9.93. The fourth-order valence-corrected chi connectivity index (χ4v) is 2.72. The molecule has 1 amide bonds. The molecule has 0 spiro atoms. The predicted octanol–water partition coefficient (Wildman–Crippen LogP) is 2.73. The third kappa shape index (κ3) is 2.49. The summed E-state index contributed by atoms with van der Waals surface area (Å²) in [7, 11) is 0. The van der Waals surface area contributed by atoms with Crippen molar-refractivity contribution in [2.75, 3.05) is 18.5 Å². The second kappa shape index (κ2) is 4.63. The standard InChI is InChI=1S/C10H13NO3S/c12-10(13)11-9-8(3-6-15-9)7-1-4-14-5-2-7/h3,6-7,11H,1-2,4-5H2,(H,12,13). The second-order valence-electron chi connectivity index (χ2n) is 3.52. The molecule has 0 radical (unpaired) electrons. The number of hydrogen-bond acceptors (Lipinski definition) is 3. The van der Waals surface area contributed by atoms with Gasteiger partial charge in [-0.15, -0.1) is 11.3 Å². The summed E-state index contributed by atoms with van der Waals surface area (Å²) in [5.74, 6) is 0.437. The van der Waals surface area contributed by atoms with E-state index in [1.165, 1.54) is 11.3 Å². The van der Waals surface area contributed by atoms with Gasteiger partial charge in [0.25, 0.3) is 0 Å². The number of rotatable bonds is 2. The van der Waals surface area contributed by atoms with Crippen molar-refractivity contribution in [3.8, 4) is 0 Å². The van der Waals surface area contributed by atoms with E-state index >= 15 is 0 Å². The lowest BCUT2D eigenvalue weighted by Gasteiger charge is -2.22. The minimum absolute atomic E-state index is 0.437. The van der Waals surface area contributed by atoms with Crippen LogP contribution in [0, 0.1) is 0 Å². The Bertz CT molecular complexity index is 344. The highest BCUT2D eigenvalue weighted by molar-refractivity contribution is 7.14. The first-order valence-electron chi connectivity index (χ1n) is 4.92. The fraction of sp³-hybridized carbons (Fsp3) is 0.500. The van der Waals surface area contributed by atoms with Gasteiger partial charge in [-0.3, -0.25) is 5.32 Å². The number of carbonyl (C=O) groups is 1. The van der Waals surface area contributed by atoms with E-state index in [0.717, 1.165) is 36.6 Å². The zero-order valence-corrected chi connectivity index (χ0v) is 9.05. The Morgan fingerprint density at radius 3 is 2.93 bits per heavy atom. The molecule has 0 aliphatic carbocycles. The Morgan fingerprint density at radius 1 is 1.53 bits per heavy atom. The molecule has 2 N–H and O–H groups in total. The number of anilines is 1. The van der Waals surface area contributed by atoms with Gasteiger partial charge in [-0.05, 0) is 35.8 Å². The quantitative estimate of drug-likeness (QED) is 0.816. The Morgan fingerprint density at radius 2 is 2.27 bits per heavy atom. The molecule has 1 fully saturated rings. The van der Waals surface area contributed by atoms with E-state index in [4.69, 9.17) is 9.84 Å². The molecule has 1 aliphatic rings. The van der Waals surface area contributed by atoms with Crippen molar-refractivity contribution in [2.45, 2.75) is 18.8 Å². The van der Waals surface area contributed by atoms with E-state index in [0.29, 0.717) is 5.92 Å². The van der Waals surface area contributed by atoms with Crippen LogP contribution >= 0.6 is 11.3 Å². The Kier molecular flexibility index (Phi) is 3.23. The molecule has 15 heavy (non-hydrogen) atoms. The molecule has 2 heterocycles. The Labute approximate surface area is 91.9 Å². The number of carboxylic acid groups (broad SMARTS) is 1. The van der Waals surface area contributed by atoms with Crippen molar-refractivity contribution in [1.29, 1.82) is 0 Å². The highest BCUT2D eigenvalue weighted by Gasteiger charge is 2.20. The Hall–Kier alpha value is -1.07. The molecule has 1 aromatic heterocycles. The molecule has 2 rings (SSSR count). The van der Waals surface area contributed by atoms with Crippen molar-refractivity contribution in [2.24, 2.45) is 0 Å². The number of ether oxygens (including phenoxy) is 1. The summed E-state index contributed by atoms with van der Waals surface area (Å²) in [4.78, 5) is 10.6. The molecule has 1 saturated heterocycles. The maximum atomic E-state index is 10.6. The normalized spacial score (nSPS) is 17.6. The van der Waals surface area contributed by atoms with Crippen molar-refractivity contribution in [1.82, 2.24) is 0 Å². The van der Waals surface area contributed by atoms with Crippen LogP contribution in [0.3, 0.4) is 0 Å². The molecule has 0 atom stereocenters. The van der Waals surface area contributed by atoms with E-state index in [9.17, 15) is 4.79 Å². The van der Waals surface area contributed by atoms with E-state index < -0.39 is 6.09 Å². The van der Waals surface area contributed by atoms with Crippen LogP contribution in [0.4, 0.5) is 9.80 Å². The van der Waals surface area contributed by atoms with Gasteiger partial charge in [0.15, 0.2) is 0 Å². The van der Waals surface area contributed by atoms with E-state index in [-0.39, 0.29) is 0 Å². The van der Waals surface area contributed by atoms with Gasteiger partial charge in [0.05, 0.1) is 0 Å². The molecule has 4 nitrogen and oxygen atoms in total. The maximum Gasteiger partial charge on any atom is 0.409 e. The summed E-state index contributed by atoms with van der Waals surface area (Å²) in [5, 5.41) is 13.8. The van der Waals surface area contributed by atoms with E-state index in [1.54, 1.807) is 0 Å². The van der Waals surface area contributed by atoms with Gasteiger partial charge in [0, 0.05) is 13.2 Å². The van der Waals surface area contributed by atoms with Crippen LogP contribution in [0.5, 0.6) is 0 Å². The monoisotopic (exact) mass is 227 g/mol. The molecule has 1 aliphatic heterocycles. The molecular weight excluding hydrogens is 214 g/mol. The van der Waals surface area contributed by atoms with Gasteiger partial charge in [-0.1, -0.05) is 0 Å². The zero-order chi connectivity index (χ0) is 10.7. The van der Waals surface area contributed by atoms with Crippen LogP contribution in [0.2, 0.25) is 0 Å². The minimum atomic E-state index is -0.995. The summed E-state index contributed by atoms with van der Waals surface area (Å²) >= 11 is 1.44. The topological polar surface area (TPSA) is 58.6 Å². The third-order valence-electron chi connectivity index (χ3n) is 2.58.